The molecule has 4 N–H and O–H groups in total. The second-order valence-electron chi connectivity index (χ2n) is 4.64. The minimum Gasteiger partial charge on any atom is -0.366 e. The second kappa shape index (κ2) is 7.41. The number of hydrazine groups is 1. The van der Waals surface area contributed by atoms with Gasteiger partial charge in [0, 0.05) is 18.7 Å². The molecule has 1 atom stereocenters. The summed E-state index contributed by atoms with van der Waals surface area (Å²) in [5, 5.41) is 2.94. The van der Waals surface area contributed by atoms with E-state index in [1.807, 2.05) is 26.2 Å². The predicted molar refractivity (Wildman–Crippen MR) is 75.7 cm³/mol. The highest BCUT2D eigenvalue weighted by molar-refractivity contribution is 5.43. The van der Waals surface area contributed by atoms with E-state index in [0.717, 1.165) is 19.2 Å². The molecule has 0 spiro atoms. The van der Waals surface area contributed by atoms with Crippen LogP contribution in [-0.4, -0.2) is 40.5 Å². The van der Waals surface area contributed by atoms with Crippen molar-refractivity contribution in [2.45, 2.75) is 33.0 Å². The van der Waals surface area contributed by atoms with Gasteiger partial charge in [0.2, 0.25) is 5.95 Å². The molecule has 1 rings (SSSR count). The molecule has 0 amide bonds. The molecule has 1 unspecified atom stereocenters. The summed E-state index contributed by atoms with van der Waals surface area (Å²) in [7, 11) is 0. The van der Waals surface area contributed by atoms with Crippen molar-refractivity contribution in [3.8, 4) is 0 Å². The molecule has 1 heterocycles. The Morgan fingerprint density at radius 2 is 1.90 bits per heavy atom. The van der Waals surface area contributed by atoms with Gasteiger partial charge in [0.05, 0.1) is 0 Å². The number of halogens is 3. The first-order valence-corrected chi connectivity index (χ1v) is 6.71. The summed E-state index contributed by atoms with van der Waals surface area (Å²) in [5.74, 6) is 4.92. The molecule has 0 saturated heterocycles. The number of anilines is 2. The van der Waals surface area contributed by atoms with Crippen LogP contribution in [0.2, 0.25) is 0 Å². The SMILES string of the molecule is CCN(CC)CC(C)Nc1cc(C(F)(F)F)nc(NN)n1. The molecule has 0 aromatic carbocycles. The molecule has 6 nitrogen and oxygen atoms in total. The minimum atomic E-state index is -4.55. The van der Waals surface area contributed by atoms with Gasteiger partial charge in [0.1, 0.15) is 5.82 Å². The summed E-state index contributed by atoms with van der Waals surface area (Å²) in [5.41, 5.74) is 1.00. The van der Waals surface area contributed by atoms with Crippen LogP contribution in [0.25, 0.3) is 0 Å². The van der Waals surface area contributed by atoms with Crippen LogP contribution < -0.4 is 16.6 Å². The Labute approximate surface area is 121 Å². The number of nitrogens with zero attached hydrogens (tertiary/aromatic N) is 3. The standard InChI is InChI=1S/C12H21F3N6/c1-4-21(5-2)7-8(3)17-10-6-9(12(13,14)15)18-11(19-10)20-16/h6,8H,4-5,7,16H2,1-3H3,(H2,17,18,19,20). The fourth-order valence-corrected chi connectivity index (χ4v) is 1.90. The Morgan fingerprint density at radius 1 is 1.29 bits per heavy atom. The van der Waals surface area contributed by atoms with Crippen molar-refractivity contribution in [2.75, 3.05) is 30.4 Å². The summed E-state index contributed by atoms with van der Waals surface area (Å²) in [6, 6.07) is 0.811. The molecule has 0 radical (unpaired) electrons. The Balaban J connectivity index is 2.87. The fourth-order valence-electron chi connectivity index (χ4n) is 1.90. The van der Waals surface area contributed by atoms with Crippen LogP contribution in [0.4, 0.5) is 24.9 Å². The van der Waals surface area contributed by atoms with Crippen molar-refractivity contribution in [1.82, 2.24) is 14.9 Å². The number of nitrogens with two attached hydrogens (primary N) is 1. The summed E-state index contributed by atoms with van der Waals surface area (Å²) in [4.78, 5) is 9.35. The molecule has 1 aromatic heterocycles. The highest BCUT2D eigenvalue weighted by Crippen LogP contribution is 2.29. The van der Waals surface area contributed by atoms with Crippen LogP contribution in [-0.2, 0) is 6.18 Å². The van der Waals surface area contributed by atoms with E-state index in [-0.39, 0.29) is 17.8 Å². The van der Waals surface area contributed by atoms with Gasteiger partial charge in [-0.3, -0.25) is 5.43 Å². The van der Waals surface area contributed by atoms with E-state index in [2.05, 4.69) is 20.2 Å². The van der Waals surface area contributed by atoms with Gasteiger partial charge in [-0.15, -0.1) is 0 Å². The number of rotatable bonds is 7. The third-order valence-electron chi connectivity index (χ3n) is 2.97. The number of hydrogen-bond donors (Lipinski definition) is 3. The Hall–Kier alpha value is -1.61. The van der Waals surface area contributed by atoms with Gasteiger partial charge in [-0.1, -0.05) is 13.8 Å². The zero-order valence-electron chi connectivity index (χ0n) is 12.3. The number of alkyl halides is 3. The number of nitrogen functional groups attached to an aromatic ring is 1. The summed E-state index contributed by atoms with van der Waals surface area (Å²) < 4.78 is 38.2. The van der Waals surface area contributed by atoms with Gasteiger partial charge in [0.25, 0.3) is 0 Å². The van der Waals surface area contributed by atoms with Gasteiger partial charge in [-0.05, 0) is 20.0 Å². The Morgan fingerprint density at radius 3 is 2.38 bits per heavy atom. The third kappa shape index (κ3) is 5.35. The normalized spacial score (nSPS) is 13.3. The molecule has 0 aliphatic heterocycles. The molecule has 9 heteroatoms. The maximum atomic E-state index is 12.7. The van der Waals surface area contributed by atoms with E-state index in [0.29, 0.717) is 6.54 Å². The van der Waals surface area contributed by atoms with Crippen LogP contribution in [0.5, 0.6) is 0 Å². The first kappa shape index (κ1) is 17.4. The third-order valence-corrected chi connectivity index (χ3v) is 2.97. The van der Waals surface area contributed by atoms with E-state index < -0.39 is 11.9 Å². The van der Waals surface area contributed by atoms with E-state index >= 15 is 0 Å². The molecule has 0 aliphatic carbocycles. The average Bonchev–Trinajstić information content (AvgIpc) is 2.43. The number of nitrogens with one attached hydrogen (secondary N) is 2. The molecule has 21 heavy (non-hydrogen) atoms. The molecule has 120 valence electrons. The van der Waals surface area contributed by atoms with E-state index in [9.17, 15) is 13.2 Å². The first-order valence-electron chi connectivity index (χ1n) is 6.71. The predicted octanol–water partition coefficient (Wildman–Crippen LogP) is 1.92. The van der Waals surface area contributed by atoms with Crippen LogP contribution in [0.15, 0.2) is 6.07 Å². The zero-order chi connectivity index (χ0) is 16.0. The number of hydrogen-bond acceptors (Lipinski definition) is 6. The maximum absolute atomic E-state index is 12.7. The summed E-state index contributed by atoms with van der Waals surface area (Å²) in [6.45, 7) is 8.37. The topological polar surface area (TPSA) is 79.1 Å². The Bertz CT molecular complexity index is 447. The lowest BCUT2D eigenvalue weighted by Gasteiger charge is -2.24. The van der Waals surface area contributed by atoms with Gasteiger partial charge in [-0.25, -0.2) is 10.8 Å². The minimum absolute atomic E-state index is 0.0634. The van der Waals surface area contributed by atoms with Crippen molar-refractivity contribution in [3.63, 3.8) is 0 Å². The molecular formula is C12H21F3N6. The quantitative estimate of drug-likeness (QED) is 0.528. The van der Waals surface area contributed by atoms with E-state index in [1.165, 1.54) is 0 Å². The molecule has 0 bridgehead atoms. The first-order chi connectivity index (χ1) is 9.79. The molecule has 0 fully saturated rings. The van der Waals surface area contributed by atoms with Crippen molar-refractivity contribution < 1.29 is 13.2 Å². The van der Waals surface area contributed by atoms with Crippen molar-refractivity contribution >= 4 is 11.8 Å². The van der Waals surface area contributed by atoms with Crippen LogP contribution in [0.1, 0.15) is 26.5 Å². The van der Waals surface area contributed by atoms with Gasteiger partial charge >= 0.3 is 6.18 Å². The number of aromatic nitrogens is 2. The molecule has 0 aliphatic rings. The Kier molecular flexibility index (Phi) is 6.16. The van der Waals surface area contributed by atoms with E-state index in [4.69, 9.17) is 5.84 Å². The van der Waals surface area contributed by atoms with Gasteiger partial charge < -0.3 is 10.2 Å². The van der Waals surface area contributed by atoms with Crippen LogP contribution >= 0.6 is 0 Å². The molecular weight excluding hydrogens is 285 g/mol. The van der Waals surface area contributed by atoms with Crippen LogP contribution in [0.3, 0.4) is 0 Å². The largest absolute Gasteiger partial charge is 0.433 e. The van der Waals surface area contributed by atoms with Gasteiger partial charge in [0.15, 0.2) is 5.69 Å². The number of likely N-dealkylation sites (N-methyl/N-ethyl adjacent to an activating group) is 1. The summed E-state index contributed by atoms with van der Waals surface area (Å²) in [6.07, 6.45) is -4.55. The van der Waals surface area contributed by atoms with E-state index in [1.54, 1.807) is 0 Å². The summed E-state index contributed by atoms with van der Waals surface area (Å²) >= 11 is 0. The maximum Gasteiger partial charge on any atom is 0.433 e. The highest BCUT2D eigenvalue weighted by atomic mass is 19.4. The zero-order valence-corrected chi connectivity index (χ0v) is 12.3. The average molecular weight is 306 g/mol. The van der Waals surface area contributed by atoms with Gasteiger partial charge in [-0.2, -0.15) is 18.2 Å². The lowest BCUT2D eigenvalue weighted by Crippen LogP contribution is -2.35. The highest BCUT2D eigenvalue weighted by Gasteiger charge is 2.33. The lowest BCUT2D eigenvalue weighted by molar-refractivity contribution is -0.141. The molecule has 0 saturated carbocycles. The van der Waals surface area contributed by atoms with Crippen LogP contribution in [0, 0.1) is 0 Å². The second-order valence-corrected chi connectivity index (χ2v) is 4.64. The smallest absolute Gasteiger partial charge is 0.366 e. The molecule has 1 aromatic rings. The van der Waals surface area contributed by atoms with Crippen molar-refractivity contribution in [2.24, 2.45) is 5.84 Å². The lowest BCUT2D eigenvalue weighted by atomic mass is 10.3. The van der Waals surface area contributed by atoms with Crippen molar-refractivity contribution in [1.29, 1.82) is 0 Å². The monoisotopic (exact) mass is 306 g/mol. The van der Waals surface area contributed by atoms with Crippen molar-refractivity contribution in [3.05, 3.63) is 11.8 Å². The fraction of sp³-hybridized carbons (Fsp3) is 0.667.